The fourth-order valence-corrected chi connectivity index (χ4v) is 3.63. The molecule has 2 rings (SSSR count). The first-order chi connectivity index (χ1) is 12.3. The zero-order chi connectivity index (χ0) is 19.3. The number of amides is 1. The van der Waals surface area contributed by atoms with E-state index < -0.39 is 0 Å². The molecule has 1 aromatic rings. The molecule has 3 atom stereocenters. The lowest BCUT2D eigenvalue weighted by Gasteiger charge is -2.41. The van der Waals surface area contributed by atoms with Gasteiger partial charge in [0.15, 0.2) is 0 Å². The first kappa shape index (κ1) is 20.7. The van der Waals surface area contributed by atoms with E-state index in [1.807, 2.05) is 36.2 Å². The van der Waals surface area contributed by atoms with Crippen LogP contribution in [-0.4, -0.2) is 67.5 Å². The van der Waals surface area contributed by atoms with Crippen molar-refractivity contribution in [2.24, 2.45) is 5.92 Å². The van der Waals surface area contributed by atoms with Gasteiger partial charge in [0, 0.05) is 38.1 Å². The molecule has 0 unspecified atom stereocenters. The lowest BCUT2D eigenvalue weighted by molar-refractivity contribution is -0.130. The van der Waals surface area contributed by atoms with Crippen LogP contribution in [0.3, 0.4) is 0 Å². The maximum atomic E-state index is 13.0. The van der Waals surface area contributed by atoms with Gasteiger partial charge in [-0.25, -0.2) is 0 Å². The van der Waals surface area contributed by atoms with Crippen molar-refractivity contribution in [3.05, 3.63) is 24.3 Å². The number of benzene rings is 1. The molecule has 26 heavy (non-hydrogen) atoms. The summed E-state index contributed by atoms with van der Waals surface area (Å²) in [6.45, 7) is 10.5. The number of aliphatic hydroxyl groups excluding tert-OH is 1. The van der Waals surface area contributed by atoms with E-state index in [0.29, 0.717) is 6.54 Å². The SMILES string of the molecule is CC(C)[C@H](C(=O)Nc1ccc(N(C)CCO)cc1)N1C[C@@H](C)O[C@H](C)C1. The lowest BCUT2D eigenvalue weighted by atomic mass is 9.99. The number of aliphatic hydroxyl groups is 1. The van der Waals surface area contributed by atoms with Crippen molar-refractivity contribution >= 4 is 17.3 Å². The van der Waals surface area contributed by atoms with Gasteiger partial charge < -0.3 is 20.1 Å². The largest absolute Gasteiger partial charge is 0.395 e. The third kappa shape index (κ3) is 5.43. The monoisotopic (exact) mass is 363 g/mol. The highest BCUT2D eigenvalue weighted by Gasteiger charge is 2.34. The van der Waals surface area contributed by atoms with Crippen molar-refractivity contribution in [2.45, 2.75) is 45.9 Å². The molecule has 6 heteroatoms. The van der Waals surface area contributed by atoms with Gasteiger partial charge in [0.2, 0.25) is 5.91 Å². The molecule has 0 radical (unpaired) electrons. The third-order valence-electron chi connectivity index (χ3n) is 4.75. The highest BCUT2D eigenvalue weighted by molar-refractivity contribution is 5.95. The van der Waals surface area contributed by atoms with Gasteiger partial charge in [-0.15, -0.1) is 0 Å². The summed E-state index contributed by atoms with van der Waals surface area (Å²) in [6.07, 6.45) is 0.267. The van der Waals surface area contributed by atoms with Gasteiger partial charge in [-0.3, -0.25) is 9.69 Å². The quantitative estimate of drug-likeness (QED) is 0.777. The molecule has 1 fully saturated rings. The number of nitrogens with one attached hydrogen (secondary N) is 1. The van der Waals surface area contributed by atoms with Crippen molar-refractivity contribution in [1.29, 1.82) is 0 Å². The molecule has 1 saturated heterocycles. The molecular formula is C20H33N3O3. The summed E-state index contributed by atoms with van der Waals surface area (Å²) < 4.78 is 5.80. The standard InChI is InChI=1S/C20H33N3O3/c1-14(2)19(23-12-15(3)26-16(4)13-23)20(25)21-17-6-8-18(9-7-17)22(5)10-11-24/h6-9,14-16,19,24H,10-13H2,1-5H3,(H,21,25)/t15-,16-,19-/m1/s1. The van der Waals surface area contributed by atoms with Gasteiger partial charge in [-0.05, 0) is 44.0 Å². The Morgan fingerprint density at radius 2 is 1.85 bits per heavy atom. The minimum absolute atomic E-state index is 0.0257. The number of anilines is 2. The Hall–Kier alpha value is -1.63. The van der Waals surface area contributed by atoms with Crippen molar-refractivity contribution in [2.75, 3.05) is 43.5 Å². The molecule has 0 bridgehead atoms. The predicted molar refractivity (Wildman–Crippen MR) is 106 cm³/mol. The number of likely N-dealkylation sites (N-methyl/N-ethyl adjacent to an activating group) is 1. The van der Waals surface area contributed by atoms with E-state index in [1.54, 1.807) is 0 Å². The van der Waals surface area contributed by atoms with Crippen molar-refractivity contribution in [3.63, 3.8) is 0 Å². The summed E-state index contributed by atoms with van der Waals surface area (Å²) in [5.41, 5.74) is 1.80. The number of hydrogen-bond donors (Lipinski definition) is 2. The number of nitrogens with zero attached hydrogens (tertiary/aromatic N) is 2. The van der Waals surface area contributed by atoms with Crippen LogP contribution in [-0.2, 0) is 9.53 Å². The molecule has 1 amide bonds. The minimum Gasteiger partial charge on any atom is -0.395 e. The van der Waals surface area contributed by atoms with Crippen LogP contribution in [0.15, 0.2) is 24.3 Å². The van der Waals surface area contributed by atoms with E-state index >= 15 is 0 Å². The van der Waals surface area contributed by atoms with Crippen LogP contribution >= 0.6 is 0 Å². The Labute approximate surface area is 157 Å². The summed E-state index contributed by atoms with van der Waals surface area (Å²) in [6, 6.07) is 7.54. The van der Waals surface area contributed by atoms with E-state index in [-0.39, 0.29) is 36.7 Å². The number of carbonyl (C=O) groups is 1. The topological polar surface area (TPSA) is 65.0 Å². The molecule has 1 aliphatic heterocycles. The second-order valence-corrected chi connectivity index (χ2v) is 7.58. The van der Waals surface area contributed by atoms with Crippen LogP contribution in [0.1, 0.15) is 27.7 Å². The first-order valence-electron chi connectivity index (χ1n) is 9.44. The Morgan fingerprint density at radius 1 is 1.27 bits per heavy atom. The summed E-state index contributed by atoms with van der Waals surface area (Å²) in [5, 5.41) is 12.1. The highest BCUT2D eigenvalue weighted by atomic mass is 16.5. The number of hydrogen-bond acceptors (Lipinski definition) is 5. The van der Waals surface area contributed by atoms with Crippen molar-refractivity contribution < 1.29 is 14.6 Å². The van der Waals surface area contributed by atoms with Crippen LogP contribution in [0.25, 0.3) is 0 Å². The van der Waals surface area contributed by atoms with Gasteiger partial charge in [-0.2, -0.15) is 0 Å². The summed E-state index contributed by atoms with van der Waals surface area (Å²) in [4.78, 5) is 17.2. The van der Waals surface area contributed by atoms with Crippen LogP contribution < -0.4 is 10.2 Å². The summed E-state index contributed by atoms with van der Waals surface area (Å²) >= 11 is 0. The van der Waals surface area contributed by atoms with E-state index in [1.165, 1.54) is 0 Å². The second-order valence-electron chi connectivity index (χ2n) is 7.58. The molecular weight excluding hydrogens is 330 g/mol. The molecule has 2 N–H and O–H groups in total. The third-order valence-corrected chi connectivity index (χ3v) is 4.75. The maximum absolute atomic E-state index is 13.0. The van der Waals surface area contributed by atoms with Gasteiger partial charge >= 0.3 is 0 Å². The van der Waals surface area contributed by atoms with Crippen LogP contribution in [0, 0.1) is 5.92 Å². The fraction of sp³-hybridized carbons (Fsp3) is 0.650. The maximum Gasteiger partial charge on any atom is 0.241 e. The number of rotatable bonds is 7. The molecule has 1 aliphatic rings. The molecule has 1 aromatic carbocycles. The summed E-state index contributed by atoms with van der Waals surface area (Å²) in [7, 11) is 1.93. The number of ether oxygens (including phenoxy) is 1. The van der Waals surface area contributed by atoms with Gasteiger partial charge in [0.1, 0.15) is 0 Å². The van der Waals surface area contributed by atoms with E-state index in [4.69, 9.17) is 9.84 Å². The molecule has 146 valence electrons. The molecule has 0 aromatic heterocycles. The second kappa shape index (κ2) is 9.35. The lowest BCUT2D eigenvalue weighted by Crippen LogP contribution is -2.55. The van der Waals surface area contributed by atoms with Gasteiger partial charge in [-0.1, -0.05) is 13.8 Å². The number of carbonyl (C=O) groups excluding carboxylic acids is 1. The predicted octanol–water partition coefficient (Wildman–Crippen LogP) is 2.19. The van der Waals surface area contributed by atoms with Crippen LogP contribution in [0.2, 0.25) is 0 Å². The van der Waals surface area contributed by atoms with E-state index in [9.17, 15) is 4.79 Å². The van der Waals surface area contributed by atoms with Crippen LogP contribution in [0.5, 0.6) is 0 Å². The normalized spacial score (nSPS) is 22.3. The molecule has 1 heterocycles. The Morgan fingerprint density at radius 3 is 2.35 bits per heavy atom. The molecule has 6 nitrogen and oxygen atoms in total. The average molecular weight is 364 g/mol. The van der Waals surface area contributed by atoms with E-state index in [2.05, 4.69) is 37.9 Å². The van der Waals surface area contributed by atoms with Gasteiger partial charge in [0.25, 0.3) is 0 Å². The molecule has 0 spiro atoms. The van der Waals surface area contributed by atoms with Crippen LogP contribution in [0.4, 0.5) is 11.4 Å². The average Bonchev–Trinajstić information content (AvgIpc) is 2.54. The zero-order valence-electron chi connectivity index (χ0n) is 16.6. The first-order valence-corrected chi connectivity index (χ1v) is 9.44. The fourth-order valence-electron chi connectivity index (χ4n) is 3.63. The Bertz CT molecular complexity index is 566. The van der Waals surface area contributed by atoms with Crippen molar-refractivity contribution in [1.82, 2.24) is 4.90 Å². The number of morpholine rings is 1. The summed E-state index contributed by atoms with van der Waals surface area (Å²) in [5.74, 6) is 0.236. The van der Waals surface area contributed by atoms with Crippen molar-refractivity contribution in [3.8, 4) is 0 Å². The molecule has 0 saturated carbocycles. The minimum atomic E-state index is -0.180. The zero-order valence-corrected chi connectivity index (χ0v) is 16.6. The Kier molecular flexibility index (Phi) is 7.43. The molecule has 0 aliphatic carbocycles. The van der Waals surface area contributed by atoms with Gasteiger partial charge in [0.05, 0.1) is 24.9 Å². The van der Waals surface area contributed by atoms with E-state index in [0.717, 1.165) is 24.5 Å². The smallest absolute Gasteiger partial charge is 0.241 e. The Balaban J connectivity index is 2.05. The highest BCUT2D eigenvalue weighted by Crippen LogP contribution is 2.21.